The molecule has 2 heteroatoms. The van der Waals surface area contributed by atoms with Crippen LogP contribution in [0.25, 0.3) is 55.0 Å². The van der Waals surface area contributed by atoms with Crippen LogP contribution in [0.5, 0.6) is 0 Å². The van der Waals surface area contributed by atoms with Gasteiger partial charge < -0.3 is 9.32 Å². The van der Waals surface area contributed by atoms with Gasteiger partial charge in [0.15, 0.2) is 5.58 Å². The van der Waals surface area contributed by atoms with Gasteiger partial charge in [-0.2, -0.15) is 0 Å². The Morgan fingerprint density at radius 2 is 1.10 bits per heavy atom. The molecule has 1 heterocycles. The highest BCUT2D eigenvalue weighted by Crippen LogP contribution is 2.58. The van der Waals surface area contributed by atoms with Crippen molar-refractivity contribution in [1.29, 1.82) is 0 Å². The molecular formula is C47H37NO. The molecule has 0 saturated heterocycles. The summed E-state index contributed by atoms with van der Waals surface area (Å²) in [6, 6.07) is 49.2. The van der Waals surface area contributed by atoms with Gasteiger partial charge in [-0.25, -0.2) is 0 Å². The average molecular weight is 632 g/mol. The zero-order chi connectivity index (χ0) is 33.2. The first kappa shape index (κ1) is 28.4. The molecule has 0 spiro atoms. The summed E-state index contributed by atoms with van der Waals surface area (Å²) in [6.07, 6.45) is 0. The number of aryl methyl sites for hydroxylation is 1. The highest BCUT2D eigenvalue weighted by Gasteiger charge is 2.42. The number of hydrogen-bond acceptors (Lipinski definition) is 2. The van der Waals surface area contributed by atoms with Crippen LogP contribution in [0.1, 0.15) is 55.5 Å². The molecule has 0 N–H and O–H groups in total. The number of hydrogen-bond donors (Lipinski definition) is 0. The number of anilines is 3. The standard InChI is InChI=1S/C47H37NO/c1-28-13-11-18-35-36-19-12-20-42(45(36)49-44(28)35)48(30-15-7-6-8-16-30)31-22-24-33-37-26-41-38(27-40(37)46(2,3)39(33)25-31)34-23-21-29-14-9-10-17-32(29)43(34)47(41,4)5/h6-27H,1-5H3. The molecule has 10 rings (SSSR count). The quantitative estimate of drug-likeness (QED) is 0.193. The van der Waals surface area contributed by atoms with Gasteiger partial charge in [0.05, 0.1) is 5.69 Å². The zero-order valence-corrected chi connectivity index (χ0v) is 28.6. The number of furan rings is 1. The Morgan fingerprint density at radius 1 is 0.469 bits per heavy atom. The van der Waals surface area contributed by atoms with Gasteiger partial charge in [-0.3, -0.25) is 0 Å². The summed E-state index contributed by atoms with van der Waals surface area (Å²) >= 11 is 0. The minimum absolute atomic E-state index is 0.0961. The molecule has 0 unspecified atom stereocenters. The van der Waals surface area contributed by atoms with E-state index in [1.165, 1.54) is 55.3 Å². The van der Waals surface area contributed by atoms with Crippen LogP contribution < -0.4 is 4.90 Å². The number of fused-ring (bicyclic) bond motifs is 11. The summed E-state index contributed by atoms with van der Waals surface area (Å²) in [5.41, 5.74) is 17.1. The maximum atomic E-state index is 6.70. The van der Waals surface area contributed by atoms with Crippen molar-refractivity contribution in [3.63, 3.8) is 0 Å². The van der Waals surface area contributed by atoms with Gasteiger partial charge in [0.1, 0.15) is 5.58 Å². The van der Waals surface area contributed by atoms with E-state index in [9.17, 15) is 0 Å². The fourth-order valence-corrected chi connectivity index (χ4v) is 9.08. The molecule has 0 fully saturated rings. The normalized spacial score (nSPS) is 15.0. The van der Waals surface area contributed by atoms with Crippen LogP contribution in [0.15, 0.2) is 138 Å². The Kier molecular flexibility index (Phi) is 5.65. The fraction of sp³-hybridized carbons (Fsp3) is 0.149. The summed E-state index contributed by atoms with van der Waals surface area (Å²) in [5.74, 6) is 0. The molecule has 49 heavy (non-hydrogen) atoms. The lowest BCUT2D eigenvalue weighted by molar-refractivity contribution is 0.654. The molecular weight excluding hydrogens is 595 g/mol. The number of rotatable bonds is 3. The molecule has 2 nitrogen and oxygen atoms in total. The van der Waals surface area contributed by atoms with Crippen LogP contribution in [0.3, 0.4) is 0 Å². The maximum Gasteiger partial charge on any atom is 0.159 e. The molecule has 1 aromatic heterocycles. The van der Waals surface area contributed by atoms with Crippen LogP contribution in [0.4, 0.5) is 17.1 Å². The third-order valence-electron chi connectivity index (χ3n) is 11.5. The van der Waals surface area contributed by atoms with Gasteiger partial charge in [0.25, 0.3) is 0 Å². The van der Waals surface area contributed by atoms with Crippen LogP contribution in [-0.4, -0.2) is 0 Å². The Morgan fingerprint density at radius 3 is 1.92 bits per heavy atom. The van der Waals surface area contributed by atoms with Gasteiger partial charge in [0, 0.05) is 33.0 Å². The Balaban J connectivity index is 1.16. The van der Waals surface area contributed by atoms with Crippen molar-refractivity contribution >= 4 is 49.8 Å². The predicted octanol–water partition coefficient (Wildman–Crippen LogP) is 13.1. The molecule has 236 valence electrons. The van der Waals surface area contributed by atoms with Crippen LogP contribution in [0.2, 0.25) is 0 Å². The molecule has 0 aliphatic heterocycles. The fourth-order valence-electron chi connectivity index (χ4n) is 9.08. The zero-order valence-electron chi connectivity index (χ0n) is 28.6. The second-order valence-corrected chi connectivity index (χ2v) is 15.0. The van der Waals surface area contributed by atoms with Crippen molar-refractivity contribution in [3.8, 4) is 22.3 Å². The van der Waals surface area contributed by atoms with E-state index in [2.05, 4.69) is 173 Å². The number of benzene rings is 7. The predicted molar refractivity (Wildman–Crippen MR) is 206 cm³/mol. The lowest BCUT2D eigenvalue weighted by Crippen LogP contribution is -2.17. The molecule has 0 atom stereocenters. The van der Waals surface area contributed by atoms with E-state index in [0.29, 0.717) is 0 Å². The largest absolute Gasteiger partial charge is 0.454 e. The minimum Gasteiger partial charge on any atom is -0.454 e. The van der Waals surface area contributed by atoms with Crippen molar-refractivity contribution in [2.24, 2.45) is 0 Å². The first-order valence-corrected chi connectivity index (χ1v) is 17.4. The van der Waals surface area contributed by atoms with E-state index in [1.807, 2.05) is 0 Å². The summed E-state index contributed by atoms with van der Waals surface area (Å²) in [7, 11) is 0. The van der Waals surface area contributed by atoms with Crippen molar-refractivity contribution in [2.45, 2.75) is 45.4 Å². The molecule has 0 bridgehead atoms. The smallest absolute Gasteiger partial charge is 0.159 e. The van der Waals surface area contributed by atoms with Gasteiger partial charge in [0.2, 0.25) is 0 Å². The lowest BCUT2D eigenvalue weighted by atomic mass is 9.78. The topological polar surface area (TPSA) is 16.4 Å². The number of nitrogens with zero attached hydrogens (tertiary/aromatic N) is 1. The van der Waals surface area contributed by atoms with Gasteiger partial charge >= 0.3 is 0 Å². The number of para-hydroxylation sites is 3. The van der Waals surface area contributed by atoms with Crippen molar-refractivity contribution in [1.82, 2.24) is 0 Å². The molecule has 8 aromatic rings. The Hall–Kier alpha value is -5.60. The van der Waals surface area contributed by atoms with E-state index in [-0.39, 0.29) is 10.8 Å². The van der Waals surface area contributed by atoms with Gasteiger partial charge in [-0.1, -0.05) is 119 Å². The summed E-state index contributed by atoms with van der Waals surface area (Å²) < 4.78 is 6.70. The average Bonchev–Trinajstić information content (AvgIpc) is 3.69. The SMILES string of the molecule is Cc1cccc2c1oc1c(N(c3ccccc3)c3ccc4c(c3)C(C)(C)c3cc5c(cc3-4)C(C)(C)c3c-5ccc4ccccc34)cccc12. The van der Waals surface area contributed by atoms with Crippen LogP contribution >= 0.6 is 0 Å². The van der Waals surface area contributed by atoms with Crippen molar-refractivity contribution in [2.75, 3.05) is 4.90 Å². The van der Waals surface area contributed by atoms with Crippen LogP contribution in [-0.2, 0) is 10.8 Å². The molecule has 7 aromatic carbocycles. The highest BCUT2D eigenvalue weighted by molar-refractivity contribution is 6.11. The third-order valence-corrected chi connectivity index (χ3v) is 11.5. The maximum absolute atomic E-state index is 6.70. The lowest BCUT2D eigenvalue weighted by Gasteiger charge is -2.28. The first-order valence-electron chi connectivity index (χ1n) is 17.4. The molecule has 2 aliphatic carbocycles. The van der Waals surface area contributed by atoms with E-state index >= 15 is 0 Å². The van der Waals surface area contributed by atoms with Crippen LogP contribution in [0, 0.1) is 6.92 Å². The summed E-state index contributed by atoms with van der Waals surface area (Å²) in [6.45, 7) is 11.7. The summed E-state index contributed by atoms with van der Waals surface area (Å²) in [5, 5.41) is 4.96. The molecule has 0 amide bonds. The second-order valence-electron chi connectivity index (χ2n) is 15.0. The van der Waals surface area contributed by atoms with Crippen molar-refractivity contribution in [3.05, 3.63) is 161 Å². The molecule has 2 aliphatic rings. The summed E-state index contributed by atoms with van der Waals surface area (Å²) in [4.78, 5) is 2.36. The second kappa shape index (κ2) is 9.74. The van der Waals surface area contributed by atoms with E-state index in [4.69, 9.17) is 4.42 Å². The highest BCUT2D eigenvalue weighted by atomic mass is 16.3. The molecule has 0 radical (unpaired) electrons. The minimum atomic E-state index is -0.176. The van der Waals surface area contributed by atoms with E-state index in [0.717, 1.165) is 44.6 Å². The van der Waals surface area contributed by atoms with Crippen molar-refractivity contribution < 1.29 is 4.42 Å². The third kappa shape index (κ3) is 3.77. The first-order chi connectivity index (χ1) is 23.7. The van der Waals surface area contributed by atoms with Gasteiger partial charge in [-0.05, 0) is 110 Å². The van der Waals surface area contributed by atoms with Gasteiger partial charge in [-0.15, -0.1) is 0 Å². The monoisotopic (exact) mass is 631 g/mol. The van der Waals surface area contributed by atoms with E-state index in [1.54, 1.807) is 0 Å². The Bertz CT molecular complexity index is 2670. The molecule has 0 saturated carbocycles. The Labute approximate surface area is 287 Å². The van der Waals surface area contributed by atoms with E-state index < -0.39 is 0 Å².